The molecule has 13 heteroatoms. The Balaban J connectivity index is 1.28. The minimum absolute atomic E-state index is 0.160. The molecule has 0 spiro atoms. The van der Waals surface area contributed by atoms with Crippen molar-refractivity contribution in [3.63, 3.8) is 0 Å². The van der Waals surface area contributed by atoms with Crippen LogP contribution >= 0.6 is 0 Å². The smallest absolute Gasteiger partial charge is 0.419 e. The number of carbonyl (C=O) groups is 1. The maximum Gasteiger partial charge on any atom is 0.419 e. The summed E-state index contributed by atoms with van der Waals surface area (Å²) < 4.78 is 59.9. The number of urea groups is 1. The number of ether oxygens (including phenoxy) is 1. The molecule has 0 fully saturated rings. The molecule has 1 N–H and O–H groups in total. The van der Waals surface area contributed by atoms with Gasteiger partial charge in [-0.15, -0.1) is 0 Å². The number of hydrogen-bond acceptors (Lipinski definition) is 6. The molecule has 3 heterocycles. The third-order valence-corrected chi connectivity index (χ3v) is 5.43. The molecule has 1 aliphatic rings. The van der Waals surface area contributed by atoms with E-state index in [2.05, 4.69) is 25.4 Å². The van der Waals surface area contributed by atoms with Crippen LogP contribution < -0.4 is 15.0 Å². The number of anilines is 2. The number of carbonyl (C=O) groups excluding carboxylic acids is 1. The molecule has 2 aromatic heterocycles. The summed E-state index contributed by atoms with van der Waals surface area (Å²) >= 11 is 0. The van der Waals surface area contributed by atoms with Crippen LogP contribution in [0.15, 0.2) is 61.4 Å². The molecule has 0 radical (unpaired) electrons. The number of hydrogen-bond donors (Lipinski definition) is 1. The lowest BCUT2D eigenvalue weighted by Gasteiger charge is -2.19. The van der Waals surface area contributed by atoms with Gasteiger partial charge in [-0.2, -0.15) is 18.3 Å². The first-order valence-electron chi connectivity index (χ1n) is 10.7. The molecule has 36 heavy (non-hydrogen) atoms. The molecule has 1 aliphatic heterocycles. The third-order valence-electron chi connectivity index (χ3n) is 5.43. The average molecular weight is 499 g/mol. The molecule has 184 valence electrons. The maximum atomic E-state index is 13.5. The van der Waals surface area contributed by atoms with Crippen LogP contribution in [-0.2, 0) is 19.1 Å². The average Bonchev–Trinajstić information content (AvgIpc) is 3.49. The Morgan fingerprint density at radius 1 is 1.08 bits per heavy atom. The highest BCUT2D eigenvalue weighted by atomic mass is 19.4. The lowest BCUT2D eigenvalue weighted by Crippen LogP contribution is -2.33. The minimum atomic E-state index is -4.87. The van der Waals surface area contributed by atoms with Gasteiger partial charge in [0.15, 0.2) is 0 Å². The summed E-state index contributed by atoms with van der Waals surface area (Å²) in [6.45, 7) is 0.708. The van der Waals surface area contributed by atoms with Crippen LogP contribution in [0.2, 0.25) is 0 Å². The van der Waals surface area contributed by atoms with Gasteiger partial charge in [0, 0.05) is 24.0 Å². The molecule has 2 amide bonds. The Kier molecular flexibility index (Phi) is 5.96. The van der Waals surface area contributed by atoms with Gasteiger partial charge in [-0.1, -0.05) is 0 Å². The van der Waals surface area contributed by atoms with Gasteiger partial charge in [-0.05, 0) is 48.4 Å². The molecule has 0 atom stereocenters. The number of aromatic nitrogens is 5. The Morgan fingerprint density at radius 2 is 1.94 bits per heavy atom. The molecule has 0 saturated heterocycles. The van der Waals surface area contributed by atoms with E-state index in [1.807, 2.05) is 0 Å². The topological polar surface area (TPSA) is 98.1 Å². The highest BCUT2D eigenvalue weighted by Gasteiger charge is 2.34. The van der Waals surface area contributed by atoms with Crippen molar-refractivity contribution in [1.82, 2.24) is 24.7 Å². The number of benzene rings is 2. The second kappa shape index (κ2) is 9.24. The fourth-order valence-corrected chi connectivity index (χ4v) is 3.78. The van der Waals surface area contributed by atoms with Crippen molar-refractivity contribution in [3.8, 4) is 11.6 Å². The molecule has 5 rings (SSSR count). The van der Waals surface area contributed by atoms with E-state index in [1.165, 1.54) is 17.6 Å². The molecule has 0 saturated carbocycles. The van der Waals surface area contributed by atoms with Gasteiger partial charge in [0.1, 0.15) is 30.5 Å². The molecular formula is C23H17F4N7O2. The second-order valence-electron chi connectivity index (χ2n) is 7.86. The van der Waals surface area contributed by atoms with E-state index in [0.717, 1.165) is 11.6 Å². The molecular weight excluding hydrogens is 482 g/mol. The predicted molar refractivity (Wildman–Crippen MR) is 119 cm³/mol. The maximum absolute atomic E-state index is 13.5. The number of nitrogens with one attached hydrogen (secondary N) is 1. The fourth-order valence-electron chi connectivity index (χ4n) is 3.78. The monoisotopic (exact) mass is 499 g/mol. The van der Waals surface area contributed by atoms with Crippen LogP contribution in [0.4, 0.5) is 33.7 Å². The van der Waals surface area contributed by atoms with E-state index in [9.17, 15) is 22.4 Å². The van der Waals surface area contributed by atoms with Gasteiger partial charge < -0.3 is 10.1 Å². The third kappa shape index (κ3) is 4.94. The fraction of sp³-hybridized carbons (Fsp3) is 0.174. The van der Waals surface area contributed by atoms with Crippen molar-refractivity contribution in [2.24, 2.45) is 0 Å². The first-order chi connectivity index (χ1) is 17.3. The number of rotatable bonds is 5. The number of alkyl halides is 3. The normalized spacial score (nSPS) is 12.9. The van der Waals surface area contributed by atoms with Gasteiger partial charge in [0.2, 0.25) is 5.88 Å². The van der Waals surface area contributed by atoms with Crippen molar-refractivity contribution in [2.75, 3.05) is 16.8 Å². The van der Waals surface area contributed by atoms with E-state index < -0.39 is 23.6 Å². The van der Waals surface area contributed by atoms with Gasteiger partial charge in [0.25, 0.3) is 0 Å². The first-order valence-corrected chi connectivity index (χ1v) is 10.7. The zero-order valence-corrected chi connectivity index (χ0v) is 18.4. The van der Waals surface area contributed by atoms with Crippen molar-refractivity contribution < 1.29 is 27.1 Å². The minimum Gasteiger partial charge on any atom is -0.439 e. The van der Waals surface area contributed by atoms with E-state index in [1.54, 1.807) is 35.3 Å². The molecule has 0 bridgehead atoms. The van der Waals surface area contributed by atoms with Crippen LogP contribution in [0.1, 0.15) is 16.8 Å². The van der Waals surface area contributed by atoms with Crippen LogP contribution in [0.3, 0.4) is 0 Å². The predicted octanol–water partition coefficient (Wildman–Crippen LogP) is 4.66. The Bertz CT molecular complexity index is 1410. The molecule has 9 nitrogen and oxygen atoms in total. The zero-order valence-electron chi connectivity index (χ0n) is 18.4. The second-order valence-corrected chi connectivity index (χ2v) is 7.86. The van der Waals surface area contributed by atoms with Gasteiger partial charge >= 0.3 is 12.2 Å². The number of fused-ring (bicyclic) bond motifs is 1. The van der Waals surface area contributed by atoms with Crippen molar-refractivity contribution in [2.45, 2.75) is 19.1 Å². The summed E-state index contributed by atoms with van der Waals surface area (Å²) in [5.74, 6) is -0.590. The molecule has 4 aromatic rings. The van der Waals surface area contributed by atoms with Crippen LogP contribution in [0.5, 0.6) is 11.6 Å². The Labute approximate surface area is 201 Å². The quantitative estimate of drug-likeness (QED) is 0.401. The van der Waals surface area contributed by atoms with Crippen LogP contribution in [0, 0.1) is 5.82 Å². The van der Waals surface area contributed by atoms with E-state index >= 15 is 0 Å². The number of nitrogens with zero attached hydrogens (tertiary/aromatic N) is 6. The van der Waals surface area contributed by atoms with Gasteiger partial charge in [-0.3, -0.25) is 4.90 Å². The Morgan fingerprint density at radius 3 is 2.72 bits per heavy atom. The molecule has 0 aliphatic carbocycles. The Hall–Kier alpha value is -4.55. The lowest BCUT2D eigenvalue weighted by molar-refractivity contribution is -0.139. The van der Waals surface area contributed by atoms with Gasteiger partial charge in [-0.25, -0.2) is 28.8 Å². The van der Waals surface area contributed by atoms with Crippen molar-refractivity contribution in [3.05, 3.63) is 84.1 Å². The summed E-state index contributed by atoms with van der Waals surface area (Å²) in [6.07, 6.45) is 0.00390. The first kappa shape index (κ1) is 23.2. The highest BCUT2D eigenvalue weighted by molar-refractivity contribution is 6.03. The van der Waals surface area contributed by atoms with E-state index in [-0.39, 0.29) is 5.69 Å². The summed E-state index contributed by atoms with van der Waals surface area (Å²) in [4.78, 5) is 26.3. The summed E-state index contributed by atoms with van der Waals surface area (Å²) in [6, 6.07) is 8.47. The van der Waals surface area contributed by atoms with E-state index in [0.29, 0.717) is 54.7 Å². The summed E-state index contributed by atoms with van der Waals surface area (Å²) in [7, 11) is 0. The summed E-state index contributed by atoms with van der Waals surface area (Å²) in [5.41, 5.74) is 0.469. The number of halogens is 4. The van der Waals surface area contributed by atoms with Crippen LogP contribution in [0.25, 0.3) is 0 Å². The number of amides is 2. The SMILES string of the molecule is O=C(Nc1ccc(F)c(C(F)(F)F)c1)N1CCc2cc(Oc3cc(Cn4cncn4)ncn3)ccc21. The van der Waals surface area contributed by atoms with Gasteiger partial charge in [0.05, 0.1) is 17.8 Å². The van der Waals surface area contributed by atoms with Crippen molar-refractivity contribution >= 4 is 17.4 Å². The lowest BCUT2D eigenvalue weighted by atomic mass is 10.1. The van der Waals surface area contributed by atoms with E-state index in [4.69, 9.17) is 4.74 Å². The standard InChI is InChI=1S/C23H17F4N7O2/c24-19-3-1-15(8-18(19)23(25,26)27)32-22(35)34-6-5-14-7-17(2-4-20(14)34)36-21-9-16(29-12-30-21)10-33-13-28-11-31-33/h1-4,7-9,11-13H,5-6,10H2,(H,32,35). The molecule has 2 aromatic carbocycles. The largest absolute Gasteiger partial charge is 0.439 e. The molecule has 0 unspecified atom stereocenters. The summed E-state index contributed by atoms with van der Waals surface area (Å²) in [5, 5.41) is 6.44. The van der Waals surface area contributed by atoms with Crippen LogP contribution in [-0.4, -0.2) is 37.3 Å². The zero-order chi connectivity index (χ0) is 25.3. The highest BCUT2D eigenvalue weighted by Crippen LogP contribution is 2.35. The van der Waals surface area contributed by atoms with Crippen molar-refractivity contribution in [1.29, 1.82) is 0 Å².